The van der Waals surface area contributed by atoms with Gasteiger partial charge in [-0.1, -0.05) is 19.9 Å². The molecular formula is C25H30FN5O3. The molecule has 1 amide bonds. The van der Waals surface area contributed by atoms with Crippen LogP contribution in [0, 0.1) is 19.7 Å². The van der Waals surface area contributed by atoms with Crippen molar-refractivity contribution in [3.63, 3.8) is 0 Å². The number of imidazole rings is 1. The van der Waals surface area contributed by atoms with Gasteiger partial charge in [-0.2, -0.15) is 0 Å². The first-order chi connectivity index (χ1) is 16.1. The molecule has 1 aromatic carbocycles. The summed E-state index contributed by atoms with van der Waals surface area (Å²) >= 11 is 0. The van der Waals surface area contributed by atoms with Crippen molar-refractivity contribution in [1.82, 2.24) is 19.0 Å². The number of pyridine rings is 1. The minimum Gasteiger partial charge on any atom is -0.493 e. The standard InChI is InChI=1S/C25H30FN5O3/c1-15(2)21-24(33)28(5)25(34)31(21)18-6-7-19(20(26)13-18)23(32)30-10-8-29(9-11-30)22-17(4)12-16(3)14-27-22/h6-7,12-15,33H,8-11H2,1-5H3. The van der Waals surface area contributed by atoms with Crippen LogP contribution in [0.25, 0.3) is 5.69 Å². The van der Waals surface area contributed by atoms with Gasteiger partial charge >= 0.3 is 5.69 Å². The zero-order valence-corrected chi connectivity index (χ0v) is 20.2. The fraction of sp³-hybridized carbons (Fsp3) is 0.400. The lowest BCUT2D eigenvalue weighted by Gasteiger charge is -2.36. The van der Waals surface area contributed by atoms with Gasteiger partial charge in [0.05, 0.1) is 16.9 Å². The molecule has 8 nitrogen and oxygen atoms in total. The number of aromatic nitrogens is 3. The van der Waals surface area contributed by atoms with Crippen LogP contribution in [0.4, 0.5) is 10.2 Å². The van der Waals surface area contributed by atoms with Crippen molar-refractivity contribution in [2.45, 2.75) is 33.6 Å². The minimum atomic E-state index is -0.703. The highest BCUT2D eigenvalue weighted by Crippen LogP contribution is 2.27. The topological polar surface area (TPSA) is 83.6 Å². The van der Waals surface area contributed by atoms with E-state index in [2.05, 4.69) is 16.0 Å². The normalized spacial score (nSPS) is 14.2. The molecule has 0 atom stereocenters. The van der Waals surface area contributed by atoms with Gasteiger partial charge < -0.3 is 14.9 Å². The lowest BCUT2D eigenvalue weighted by molar-refractivity contribution is 0.0742. The van der Waals surface area contributed by atoms with Crippen molar-refractivity contribution in [2.24, 2.45) is 7.05 Å². The Hall–Kier alpha value is -3.62. The van der Waals surface area contributed by atoms with Crippen LogP contribution in [0.15, 0.2) is 35.3 Å². The van der Waals surface area contributed by atoms with E-state index in [-0.39, 0.29) is 29.0 Å². The predicted octanol–water partition coefficient (Wildman–Crippen LogP) is 3.12. The molecule has 1 aliphatic rings. The van der Waals surface area contributed by atoms with Crippen LogP contribution in [0.5, 0.6) is 5.88 Å². The summed E-state index contributed by atoms with van der Waals surface area (Å²) in [6, 6.07) is 6.21. The van der Waals surface area contributed by atoms with Gasteiger partial charge in [0.25, 0.3) is 5.91 Å². The first kappa shape index (κ1) is 23.5. The molecule has 0 unspecified atom stereocenters. The first-order valence-corrected chi connectivity index (χ1v) is 11.4. The average Bonchev–Trinajstić information content (AvgIpc) is 3.03. The van der Waals surface area contributed by atoms with Crippen molar-refractivity contribution in [1.29, 1.82) is 0 Å². The summed E-state index contributed by atoms with van der Waals surface area (Å²) in [5.74, 6) is -0.501. The second-order valence-electron chi connectivity index (χ2n) is 9.14. The van der Waals surface area contributed by atoms with Crippen LogP contribution in [0.1, 0.15) is 46.9 Å². The van der Waals surface area contributed by atoms with E-state index < -0.39 is 11.5 Å². The fourth-order valence-electron chi connectivity index (χ4n) is 4.53. The van der Waals surface area contributed by atoms with Crippen LogP contribution in [-0.2, 0) is 7.05 Å². The predicted molar refractivity (Wildman–Crippen MR) is 129 cm³/mol. The Labute approximate surface area is 197 Å². The highest BCUT2D eigenvalue weighted by atomic mass is 19.1. The maximum absolute atomic E-state index is 15.1. The Morgan fingerprint density at radius 1 is 1.12 bits per heavy atom. The number of anilines is 1. The third-order valence-corrected chi connectivity index (χ3v) is 6.31. The number of piperazine rings is 1. The molecule has 9 heteroatoms. The van der Waals surface area contributed by atoms with Crippen molar-refractivity contribution in [3.8, 4) is 11.6 Å². The summed E-state index contributed by atoms with van der Waals surface area (Å²) in [7, 11) is 1.46. The van der Waals surface area contributed by atoms with E-state index in [4.69, 9.17) is 0 Å². The van der Waals surface area contributed by atoms with E-state index in [1.54, 1.807) is 11.0 Å². The van der Waals surface area contributed by atoms with Gasteiger partial charge in [-0.25, -0.2) is 14.2 Å². The van der Waals surface area contributed by atoms with Gasteiger partial charge in [0.1, 0.15) is 11.6 Å². The first-order valence-electron chi connectivity index (χ1n) is 11.4. The van der Waals surface area contributed by atoms with Crippen molar-refractivity contribution in [2.75, 3.05) is 31.1 Å². The summed E-state index contributed by atoms with van der Waals surface area (Å²) in [5.41, 5.74) is 2.33. The maximum Gasteiger partial charge on any atom is 0.335 e. The van der Waals surface area contributed by atoms with Crippen molar-refractivity contribution in [3.05, 3.63) is 69.1 Å². The summed E-state index contributed by atoms with van der Waals surface area (Å²) in [4.78, 5) is 34.0. The monoisotopic (exact) mass is 467 g/mol. The lowest BCUT2D eigenvalue weighted by atomic mass is 10.1. The summed E-state index contributed by atoms with van der Waals surface area (Å²) in [6.07, 6.45) is 1.83. The van der Waals surface area contributed by atoms with Crippen LogP contribution in [-0.4, -0.2) is 56.2 Å². The highest BCUT2D eigenvalue weighted by molar-refractivity contribution is 5.95. The van der Waals surface area contributed by atoms with Gasteiger partial charge in [0.2, 0.25) is 5.88 Å². The Kier molecular flexibility index (Phi) is 6.20. The van der Waals surface area contributed by atoms with E-state index in [0.717, 1.165) is 21.5 Å². The summed E-state index contributed by atoms with van der Waals surface area (Å²) < 4.78 is 17.5. The van der Waals surface area contributed by atoms with Crippen molar-refractivity contribution < 1.29 is 14.3 Å². The van der Waals surface area contributed by atoms with Gasteiger partial charge in [-0.05, 0) is 49.1 Å². The Morgan fingerprint density at radius 3 is 2.38 bits per heavy atom. The largest absolute Gasteiger partial charge is 0.493 e. The maximum atomic E-state index is 15.1. The van der Waals surface area contributed by atoms with Gasteiger partial charge in [-0.15, -0.1) is 0 Å². The number of amides is 1. The summed E-state index contributed by atoms with van der Waals surface area (Å²) in [5, 5.41) is 10.3. The Morgan fingerprint density at radius 2 is 1.79 bits per heavy atom. The molecule has 0 aliphatic carbocycles. The SMILES string of the molecule is Cc1cnc(N2CCN(C(=O)c3ccc(-n4c(C(C)C)c(O)n(C)c4=O)cc3F)CC2)c(C)c1. The zero-order chi connectivity index (χ0) is 24.7. The second kappa shape index (κ2) is 8.96. The number of benzene rings is 1. The second-order valence-corrected chi connectivity index (χ2v) is 9.14. The van der Waals surface area contributed by atoms with E-state index >= 15 is 4.39 Å². The molecule has 1 N–H and O–H groups in total. The van der Waals surface area contributed by atoms with Crippen molar-refractivity contribution >= 4 is 11.7 Å². The van der Waals surface area contributed by atoms with E-state index in [1.165, 1.54) is 23.7 Å². The summed E-state index contributed by atoms with van der Waals surface area (Å²) in [6.45, 7) is 9.83. The Balaban J connectivity index is 1.54. The van der Waals surface area contributed by atoms with Gasteiger partial charge in [0.15, 0.2) is 0 Å². The fourth-order valence-corrected chi connectivity index (χ4v) is 4.53. The quantitative estimate of drug-likeness (QED) is 0.638. The number of carbonyl (C=O) groups excluding carboxylic acids is 1. The lowest BCUT2D eigenvalue weighted by Crippen LogP contribution is -2.49. The Bertz CT molecular complexity index is 1300. The molecule has 4 rings (SSSR count). The number of aryl methyl sites for hydroxylation is 2. The molecule has 0 saturated carbocycles. The number of hydrogen-bond acceptors (Lipinski definition) is 5. The molecule has 1 saturated heterocycles. The molecule has 2 aromatic heterocycles. The van der Waals surface area contributed by atoms with Crippen LogP contribution in [0.2, 0.25) is 0 Å². The van der Waals surface area contributed by atoms with Gasteiger partial charge in [0, 0.05) is 39.4 Å². The van der Waals surface area contributed by atoms with Crippen LogP contribution >= 0.6 is 0 Å². The molecular weight excluding hydrogens is 437 g/mol. The molecule has 1 fully saturated rings. The molecule has 0 spiro atoms. The molecule has 180 valence electrons. The van der Waals surface area contributed by atoms with Gasteiger partial charge in [-0.3, -0.25) is 13.9 Å². The number of halogens is 1. The third kappa shape index (κ3) is 4.06. The number of nitrogens with zero attached hydrogens (tertiary/aromatic N) is 5. The highest BCUT2D eigenvalue weighted by Gasteiger charge is 2.27. The molecule has 3 aromatic rings. The van der Waals surface area contributed by atoms with Crippen LogP contribution < -0.4 is 10.6 Å². The smallest absolute Gasteiger partial charge is 0.335 e. The molecule has 34 heavy (non-hydrogen) atoms. The molecule has 0 bridgehead atoms. The third-order valence-electron chi connectivity index (χ3n) is 6.31. The molecule has 1 aliphatic heterocycles. The number of hydrogen-bond donors (Lipinski definition) is 1. The molecule has 0 radical (unpaired) electrons. The zero-order valence-electron chi connectivity index (χ0n) is 20.2. The van der Waals surface area contributed by atoms with E-state index in [1.807, 2.05) is 33.9 Å². The number of aromatic hydroxyl groups is 1. The average molecular weight is 468 g/mol. The number of carbonyl (C=O) groups is 1. The van der Waals surface area contributed by atoms with E-state index in [0.29, 0.717) is 31.9 Å². The molecule has 3 heterocycles. The number of rotatable bonds is 4. The van der Waals surface area contributed by atoms with Crippen LogP contribution in [0.3, 0.4) is 0 Å². The minimum absolute atomic E-state index is 0.0406. The van der Waals surface area contributed by atoms with E-state index in [9.17, 15) is 14.7 Å².